The summed E-state index contributed by atoms with van der Waals surface area (Å²) in [5, 5.41) is 8.97. The predicted octanol–water partition coefficient (Wildman–Crippen LogP) is 11.3. The van der Waals surface area contributed by atoms with Crippen molar-refractivity contribution in [2.75, 3.05) is 0 Å². The number of aliphatic carboxylic acids is 1. The zero-order valence-electron chi connectivity index (χ0n) is 25.8. The molecule has 0 saturated carbocycles. The van der Waals surface area contributed by atoms with Gasteiger partial charge in [-0.25, -0.2) is 0 Å². The summed E-state index contributed by atoms with van der Waals surface area (Å²) in [6.07, 6.45) is 33.9. The summed E-state index contributed by atoms with van der Waals surface area (Å²) in [7, 11) is 0. The van der Waals surface area contributed by atoms with Crippen LogP contribution in [0.1, 0.15) is 200 Å². The van der Waals surface area contributed by atoms with E-state index in [1.807, 2.05) is 0 Å². The van der Waals surface area contributed by atoms with Crippen molar-refractivity contribution in [2.24, 2.45) is 0 Å². The Morgan fingerprint density at radius 1 is 0.474 bits per heavy atom. The van der Waals surface area contributed by atoms with Gasteiger partial charge in [0.05, 0.1) is 0 Å². The largest absolute Gasteiger partial charge is 0.481 e. The van der Waals surface area contributed by atoms with Gasteiger partial charge in [0.2, 0.25) is 0 Å². The van der Waals surface area contributed by atoms with Crippen LogP contribution >= 0.6 is 0 Å². The molecule has 1 unspecified atom stereocenters. The summed E-state index contributed by atoms with van der Waals surface area (Å²) in [6.45, 7) is 4.53. The van der Waals surface area contributed by atoms with Crippen molar-refractivity contribution in [3.05, 3.63) is 0 Å². The van der Waals surface area contributed by atoms with Crippen molar-refractivity contribution < 1.29 is 19.4 Å². The fourth-order valence-corrected chi connectivity index (χ4v) is 5.31. The Morgan fingerprint density at radius 3 is 1.21 bits per heavy atom. The zero-order valence-corrected chi connectivity index (χ0v) is 25.8. The van der Waals surface area contributed by atoms with E-state index in [-0.39, 0.29) is 18.5 Å². The second-order valence-electron chi connectivity index (χ2n) is 11.7. The van der Waals surface area contributed by atoms with E-state index >= 15 is 0 Å². The summed E-state index contributed by atoms with van der Waals surface area (Å²) >= 11 is 0. The summed E-state index contributed by atoms with van der Waals surface area (Å²) in [6, 6.07) is 0. The molecule has 1 N–H and O–H groups in total. The van der Waals surface area contributed by atoms with Gasteiger partial charge in [0.25, 0.3) is 0 Å². The molecule has 0 aromatic carbocycles. The molecule has 0 saturated heterocycles. The first-order valence-corrected chi connectivity index (χ1v) is 17.0. The Labute approximate surface area is 237 Å². The van der Waals surface area contributed by atoms with Gasteiger partial charge in [-0.1, -0.05) is 155 Å². The normalized spacial score (nSPS) is 12.1. The number of carbonyl (C=O) groups is 2. The van der Waals surface area contributed by atoms with Gasteiger partial charge < -0.3 is 9.84 Å². The zero-order chi connectivity index (χ0) is 27.9. The van der Waals surface area contributed by atoms with Crippen LogP contribution < -0.4 is 0 Å². The molecule has 0 aliphatic heterocycles. The first kappa shape index (κ1) is 36.9. The van der Waals surface area contributed by atoms with E-state index in [2.05, 4.69) is 13.8 Å². The summed E-state index contributed by atoms with van der Waals surface area (Å²) in [4.78, 5) is 23.3. The Hall–Kier alpha value is -1.06. The molecule has 0 spiro atoms. The van der Waals surface area contributed by atoms with Gasteiger partial charge in [-0.15, -0.1) is 0 Å². The molecule has 4 heteroatoms. The summed E-state index contributed by atoms with van der Waals surface area (Å²) < 4.78 is 5.80. The highest BCUT2D eigenvalue weighted by molar-refractivity contribution is 5.69. The van der Waals surface area contributed by atoms with Crippen molar-refractivity contribution in [3.63, 3.8) is 0 Å². The Bertz CT molecular complexity index is 505. The van der Waals surface area contributed by atoms with E-state index in [0.717, 1.165) is 25.7 Å². The van der Waals surface area contributed by atoms with Crippen molar-refractivity contribution >= 4 is 11.9 Å². The predicted molar refractivity (Wildman–Crippen MR) is 163 cm³/mol. The lowest BCUT2D eigenvalue weighted by Gasteiger charge is -2.18. The van der Waals surface area contributed by atoms with E-state index in [0.29, 0.717) is 19.3 Å². The lowest BCUT2D eigenvalue weighted by molar-refractivity contribution is -0.150. The molecule has 0 rings (SSSR count). The monoisotopic (exact) mass is 538 g/mol. The molecule has 226 valence electrons. The number of unbranched alkanes of at least 4 members (excludes halogenated alkanes) is 22. The van der Waals surface area contributed by atoms with Crippen LogP contribution in [0.2, 0.25) is 0 Å². The molecule has 0 aromatic rings. The standard InChI is InChI=1S/C34H66O4/c1-3-5-7-9-11-13-15-16-18-19-21-23-25-28-32(29-27-30-33(35)36)38-34(37)31-26-24-22-20-17-14-12-10-8-6-4-2/h32H,3-31H2,1-2H3,(H,35,36). The third-order valence-corrected chi connectivity index (χ3v) is 7.83. The quantitative estimate of drug-likeness (QED) is 0.0704. The molecule has 0 amide bonds. The number of carboxylic acid groups (broad SMARTS) is 1. The van der Waals surface area contributed by atoms with Crippen LogP contribution in [0.5, 0.6) is 0 Å². The number of ether oxygens (including phenoxy) is 1. The van der Waals surface area contributed by atoms with Crippen LogP contribution in [0.25, 0.3) is 0 Å². The Morgan fingerprint density at radius 2 is 0.816 bits per heavy atom. The molecule has 4 nitrogen and oxygen atoms in total. The summed E-state index contributed by atoms with van der Waals surface area (Å²) in [5.74, 6) is -0.854. The summed E-state index contributed by atoms with van der Waals surface area (Å²) in [5.41, 5.74) is 0. The third kappa shape index (κ3) is 29.5. The van der Waals surface area contributed by atoms with Gasteiger partial charge in [-0.3, -0.25) is 9.59 Å². The highest BCUT2D eigenvalue weighted by atomic mass is 16.5. The van der Waals surface area contributed by atoms with E-state index in [1.165, 1.54) is 135 Å². The van der Waals surface area contributed by atoms with Crippen LogP contribution in [0.4, 0.5) is 0 Å². The molecule has 38 heavy (non-hydrogen) atoms. The van der Waals surface area contributed by atoms with Gasteiger partial charge in [-0.05, 0) is 32.1 Å². The van der Waals surface area contributed by atoms with Crippen molar-refractivity contribution in [1.29, 1.82) is 0 Å². The number of carboxylic acids is 1. The number of carbonyl (C=O) groups excluding carboxylic acids is 1. The van der Waals surface area contributed by atoms with Crippen LogP contribution in [0.3, 0.4) is 0 Å². The van der Waals surface area contributed by atoms with E-state index in [1.54, 1.807) is 0 Å². The van der Waals surface area contributed by atoms with Crippen LogP contribution in [-0.4, -0.2) is 23.1 Å². The molecule has 0 aromatic heterocycles. The highest BCUT2D eigenvalue weighted by Gasteiger charge is 2.15. The molecule has 0 radical (unpaired) electrons. The number of hydrogen-bond acceptors (Lipinski definition) is 3. The maximum Gasteiger partial charge on any atom is 0.306 e. The Kier molecular flexibility index (Phi) is 29.6. The third-order valence-electron chi connectivity index (χ3n) is 7.83. The first-order valence-electron chi connectivity index (χ1n) is 17.0. The number of esters is 1. The van der Waals surface area contributed by atoms with E-state index < -0.39 is 5.97 Å². The minimum Gasteiger partial charge on any atom is -0.481 e. The van der Waals surface area contributed by atoms with Crippen molar-refractivity contribution in [3.8, 4) is 0 Å². The number of hydrogen-bond donors (Lipinski definition) is 1. The van der Waals surface area contributed by atoms with Gasteiger partial charge in [0, 0.05) is 12.8 Å². The van der Waals surface area contributed by atoms with Crippen LogP contribution in [-0.2, 0) is 14.3 Å². The van der Waals surface area contributed by atoms with E-state index in [9.17, 15) is 9.59 Å². The minimum atomic E-state index is -0.767. The molecule has 0 bridgehead atoms. The molecule has 0 aliphatic carbocycles. The second-order valence-corrected chi connectivity index (χ2v) is 11.7. The maximum absolute atomic E-state index is 12.4. The fraction of sp³-hybridized carbons (Fsp3) is 0.941. The first-order chi connectivity index (χ1) is 18.6. The van der Waals surface area contributed by atoms with Gasteiger partial charge in [0.15, 0.2) is 0 Å². The Balaban J connectivity index is 3.83. The topological polar surface area (TPSA) is 63.6 Å². The molecule has 0 fully saturated rings. The fourth-order valence-electron chi connectivity index (χ4n) is 5.31. The molecular formula is C34H66O4. The average molecular weight is 539 g/mol. The van der Waals surface area contributed by atoms with Crippen LogP contribution in [0.15, 0.2) is 0 Å². The van der Waals surface area contributed by atoms with Gasteiger partial charge in [-0.2, -0.15) is 0 Å². The van der Waals surface area contributed by atoms with Gasteiger partial charge >= 0.3 is 11.9 Å². The second kappa shape index (κ2) is 30.5. The molecule has 1 atom stereocenters. The van der Waals surface area contributed by atoms with Crippen LogP contribution in [0, 0.1) is 0 Å². The lowest BCUT2D eigenvalue weighted by atomic mass is 10.0. The molecular weight excluding hydrogens is 472 g/mol. The average Bonchev–Trinajstić information content (AvgIpc) is 2.89. The SMILES string of the molecule is CCCCCCCCCCCCCCCC(CCCC(=O)O)OC(=O)CCCCCCCCCCCCC. The smallest absolute Gasteiger partial charge is 0.306 e. The van der Waals surface area contributed by atoms with Crippen molar-refractivity contribution in [2.45, 2.75) is 206 Å². The molecule has 0 heterocycles. The highest BCUT2D eigenvalue weighted by Crippen LogP contribution is 2.18. The minimum absolute atomic E-state index is 0.0871. The van der Waals surface area contributed by atoms with Crippen molar-refractivity contribution in [1.82, 2.24) is 0 Å². The lowest BCUT2D eigenvalue weighted by Crippen LogP contribution is -2.18. The maximum atomic E-state index is 12.4. The van der Waals surface area contributed by atoms with Gasteiger partial charge in [0.1, 0.15) is 6.10 Å². The molecule has 0 aliphatic rings. The number of rotatable bonds is 31. The van der Waals surface area contributed by atoms with E-state index in [4.69, 9.17) is 9.84 Å².